The van der Waals surface area contributed by atoms with Crippen molar-refractivity contribution in [2.24, 2.45) is 46.3 Å². The number of fused-ring (bicyclic) bond motifs is 7. The molecule has 7 atom stereocenters. The molecule has 0 saturated heterocycles. The highest BCUT2D eigenvalue weighted by atomic mass is 16.5. The number of methoxy groups -OCH3 is 1. The van der Waals surface area contributed by atoms with Crippen molar-refractivity contribution in [2.75, 3.05) is 7.11 Å². The first-order chi connectivity index (χ1) is 12.5. The zero-order chi connectivity index (χ0) is 18.7. The molecule has 0 spiro atoms. The summed E-state index contributed by atoms with van der Waals surface area (Å²) in [6.07, 6.45) is 14.8. The quantitative estimate of drug-likeness (QED) is 0.517. The van der Waals surface area contributed by atoms with Crippen LogP contribution in [0, 0.1) is 46.3 Å². The highest BCUT2D eigenvalue weighted by Gasteiger charge is 2.73. The Morgan fingerprint density at radius 1 is 1.12 bits per heavy atom. The summed E-state index contributed by atoms with van der Waals surface area (Å²) in [5.74, 6) is 7.10. The van der Waals surface area contributed by atoms with Gasteiger partial charge in [0.25, 0.3) is 0 Å². The van der Waals surface area contributed by atoms with E-state index in [1.165, 1.54) is 44.3 Å². The lowest BCUT2D eigenvalue weighted by molar-refractivity contribution is -0.0766. The number of rotatable bonds is 2. The third kappa shape index (κ3) is 2.27. The van der Waals surface area contributed by atoms with Crippen LogP contribution < -0.4 is 0 Å². The predicted octanol–water partition coefficient (Wildman–Crippen LogP) is 7.00. The summed E-state index contributed by atoms with van der Waals surface area (Å²) in [4.78, 5) is 0. The van der Waals surface area contributed by atoms with Crippen molar-refractivity contribution in [1.82, 2.24) is 0 Å². The zero-order valence-corrected chi connectivity index (χ0v) is 18.0. The van der Waals surface area contributed by atoms with Crippen molar-refractivity contribution in [3.63, 3.8) is 0 Å². The summed E-state index contributed by atoms with van der Waals surface area (Å²) >= 11 is 0. The van der Waals surface area contributed by atoms with E-state index >= 15 is 0 Å². The van der Waals surface area contributed by atoms with E-state index in [0.717, 1.165) is 41.9 Å². The molecule has 0 amide bonds. The highest BCUT2D eigenvalue weighted by molar-refractivity contribution is 5.32. The van der Waals surface area contributed by atoms with Crippen molar-refractivity contribution >= 4 is 0 Å². The van der Waals surface area contributed by atoms with Gasteiger partial charge in [0.2, 0.25) is 0 Å². The van der Waals surface area contributed by atoms with Gasteiger partial charge in [0.15, 0.2) is 0 Å². The Hall–Kier alpha value is -0.720. The summed E-state index contributed by atoms with van der Waals surface area (Å²) in [6.45, 7) is 11.7. The standard InChI is InChI=1S/C23H34O.C2H6/c1-5-23-11-10-17-16-9-7-15(24-4)12-14(16)6-8-18(17)21(23)19-13-20(19)22(23,2)3;1-2/h6,12,16-21H,5,7-11,13H2,1-4H3;1-2H3. The monoisotopic (exact) mass is 356 g/mol. The van der Waals surface area contributed by atoms with Gasteiger partial charge < -0.3 is 4.74 Å². The van der Waals surface area contributed by atoms with Gasteiger partial charge in [0.1, 0.15) is 0 Å². The van der Waals surface area contributed by atoms with Crippen molar-refractivity contribution in [3.8, 4) is 0 Å². The average molecular weight is 357 g/mol. The Morgan fingerprint density at radius 3 is 2.58 bits per heavy atom. The number of hydrogen-bond donors (Lipinski definition) is 0. The molecule has 0 bridgehead atoms. The van der Waals surface area contributed by atoms with Crippen molar-refractivity contribution in [1.29, 1.82) is 0 Å². The van der Waals surface area contributed by atoms with E-state index in [2.05, 4.69) is 32.9 Å². The molecule has 1 nitrogen and oxygen atoms in total. The average Bonchev–Trinajstić information content (AvgIpc) is 3.45. The minimum Gasteiger partial charge on any atom is -0.501 e. The second-order valence-corrected chi connectivity index (χ2v) is 10.0. The second kappa shape index (κ2) is 6.42. The zero-order valence-electron chi connectivity index (χ0n) is 18.0. The van der Waals surface area contributed by atoms with E-state index < -0.39 is 0 Å². The van der Waals surface area contributed by atoms with E-state index in [0.29, 0.717) is 10.8 Å². The van der Waals surface area contributed by atoms with E-state index in [-0.39, 0.29) is 0 Å². The Morgan fingerprint density at radius 2 is 1.88 bits per heavy atom. The van der Waals surface area contributed by atoms with Gasteiger partial charge in [-0.05, 0) is 96.5 Å². The topological polar surface area (TPSA) is 9.23 Å². The van der Waals surface area contributed by atoms with Crippen LogP contribution in [-0.2, 0) is 4.74 Å². The van der Waals surface area contributed by atoms with Crippen LogP contribution in [-0.4, -0.2) is 7.11 Å². The van der Waals surface area contributed by atoms with Crippen molar-refractivity contribution < 1.29 is 4.74 Å². The molecule has 3 saturated carbocycles. The summed E-state index contributed by atoms with van der Waals surface area (Å²) in [5.41, 5.74) is 2.85. The lowest BCUT2D eigenvalue weighted by Crippen LogP contribution is -2.51. The minimum atomic E-state index is 0.585. The first-order valence-electron chi connectivity index (χ1n) is 11.5. The molecule has 26 heavy (non-hydrogen) atoms. The molecule has 0 aromatic carbocycles. The van der Waals surface area contributed by atoms with Crippen LogP contribution in [0.1, 0.15) is 79.6 Å². The normalized spacial score (nSPS) is 47.0. The summed E-state index contributed by atoms with van der Waals surface area (Å²) in [5, 5.41) is 0. The largest absolute Gasteiger partial charge is 0.501 e. The SMILES string of the molecule is CC.CCC12CCC3C4CCC(OC)=CC4=CCC3C1C1CC1C2(C)C. The van der Waals surface area contributed by atoms with Gasteiger partial charge in [-0.1, -0.05) is 40.7 Å². The summed E-state index contributed by atoms with van der Waals surface area (Å²) in [6, 6.07) is 0. The van der Waals surface area contributed by atoms with Crippen LogP contribution in [0.15, 0.2) is 23.5 Å². The molecule has 0 radical (unpaired) electrons. The predicted molar refractivity (Wildman–Crippen MR) is 110 cm³/mol. The molecule has 0 N–H and O–H groups in total. The molecule has 0 aromatic rings. The Bertz CT molecular complexity index is 612. The smallest absolute Gasteiger partial charge is 0.0958 e. The Kier molecular flexibility index (Phi) is 4.60. The minimum absolute atomic E-state index is 0.585. The number of allylic oxidation sites excluding steroid dienone is 4. The van der Waals surface area contributed by atoms with E-state index in [1.807, 2.05) is 21.0 Å². The van der Waals surface area contributed by atoms with Crippen LogP contribution in [0.2, 0.25) is 0 Å². The second-order valence-electron chi connectivity index (χ2n) is 10.0. The number of hydrogen-bond acceptors (Lipinski definition) is 1. The molecule has 0 heterocycles. The number of ether oxygens (including phenoxy) is 1. The first-order valence-corrected chi connectivity index (χ1v) is 11.5. The molecule has 5 aliphatic carbocycles. The molecule has 7 unspecified atom stereocenters. The molecule has 146 valence electrons. The van der Waals surface area contributed by atoms with E-state index in [4.69, 9.17) is 4.74 Å². The summed E-state index contributed by atoms with van der Waals surface area (Å²) < 4.78 is 5.55. The van der Waals surface area contributed by atoms with Gasteiger partial charge in [0.05, 0.1) is 12.9 Å². The van der Waals surface area contributed by atoms with Gasteiger partial charge in [-0.2, -0.15) is 0 Å². The van der Waals surface area contributed by atoms with E-state index in [1.54, 1.807) is 5.57 Å². The third-order valence-corrected chi connectivity index (χ3v) is 9.58. The maximum absolute atomic E-state index is 5.55. The lowest BCUT2D eigenvalue weighted by atomic mass is 9.47. The van der Waals surface area contributed by atoms with Crippen LogP contribution in [0.5, 0.6) is 0 Å². The molecule has 1 heteroatoms. The summed E-state index contributed by atoms with van der Waals surface area (Å²) in [7, 11) is 1.84. The van der Waals surface area contributed by atoms with Gasteiger partial charge in [0, 0.05) is 6.42 Å². The fraction of sp³-hybridized carbons (Fsp3) is 0.840. The van der Waals surface area contributed by atoms with Crippen LogP contribution in [0.25, 0.3) is 0 Å². The van der Waals surface area contributed by atoms with Crippen molar-refractivity contribution in [3.05, 3.63) is 23.5 Å². The van der Waals surface area contributed by atoms with Crippen LogP contribution in [0.4, 0.5) is 0 Å². The van der Waals surface area contributed by atoms with E-state index in [9.17, 15) is 0 Å². The van der Waals surface area contributed by atoms with Crippen molar-refractivity contribution in [2.45, 2.75) is 79.6 Å². The first kappa shape index (κ1) is 18.6. The molecule has 5 aliphatic rings. The van der Waals surface area contributed by atoms with Gasteiger partial charge >= 0.3 is 0 Å². The molecular formula is C25H40O. The lowest BCUT2D eigenvalue weighted by Gasteiger charge is -2.58. The molecule has 3 fully saturated rings. The molecule has 0 aliphatic heterocycles. The fourth-order valence-corrected chi connectivity index (χ4v) is 8.39. The highest BCUT2D eigenvalue weighted by Crippen LogP contribution is 2.79. The Balaban J connectivity index is 0.000000814. The third-order valence-electron chi connectivity index (χ3n) is 9.58. The Labute approximate surface area is 161 Å². The molecule has 5 rings (SSSR count). The van der Waals surface area contributed by atoms with Gasteiger partial charge in [-0.25, -0.2) is 0 Å². The maximum Gasteiger partial charge on any atom is 0.0958 e. The molecule has 0 aromatic heterocycles. The van der Waals surface area contributed by atoms with Gasteiger partial charge in [-0.3, -0.25) is 0 Å². The van der Waals surface area contributed by atoms with Crippen LogP contribution >= 0.6 is 0 Å². The van der Waals surface area contributed by atoms with Gasteiger partial charge in [-0.15, -0.1) is 0 Å². The molecular weight excluding hydrogens is 316 g/mol. The maximum atomic E-state index is 5.55. The fourth-order valence-electron chi connectivity index (χ4n) is 8.39. The van der Waals surface area contributed by atoms with Crippen LogP contribution in [0.3, 0.4) is 0 Å².